The van der Waals surface area contributed by atoms with Crippen LogP contribution in [0.2, 0.25) is 0 Å². The van der Waals surface area contributed by atoms with Crippen LogP contribution in [0.1, 0.15) is 34.6 Å². The second-order valence-corrected chi connectivity index (χ2v) is 10.9. The Hall–Kier alpha value is -3.60. The van der Waals surface area contributed by atoms with E-state index in [-0.39, 0.29) is 18.0 Å². The number of ether oxygens (including phenoxy) is 1. The SMILES string of the molecule is CCN(CC)S(=O)(=O)c1ccc(C(=O)NCCOC(=O)c2cc(-c3cccs3)nc3ccccc23)cc1. The topological polar surface area (TPSA) is 106 Å². The highest BCUT2D eigenvalue weighted by Gasteiger charge is 2.22. The summed E-state index contributed by atoms with van der Waals surface area (Å²) in [6, 6.07) is 18.7. The number of fused-ring (bicyclic) bond motifs is 1. The van der Waals surface area contributed by atoms with E-state index < -0.39 is 21.9 Å². The molecule has 4 rings (SSSR count). The Kier molecular flexibility index (Phi) is 8.32. The predicted molar refractivity (Wildman–Crippen MR) is 144 cm³/mol. The molecule has 0 radical (unpaired) electrons. The summed E-state index contributed by atoms with van der Waals surface area (Å²) in [7, 11) is -3.59. The molecule has 37 heavy (non-hydrogen) atoms. The fraction of sp³-hybridized carbons (Fsp3) is 0.222. The number of pyridine rings is 1. The maximum Gasteiger partial charge on any atom is 0.338 e. The number of aromatic nitrogens is 1. The fourth-order valence-corrected chi connectivity index (χ4v) is 6.02. The molecule has 0 fully saturated rings. The number of rotatable bonds is 10. The molecule has 0 bridgehead atoms. The highest BCUT2D eigenvalue weighted by atomic mass is 32.2. The molecule has 2 heterocycles. The van der Waals surface area contributed by atoms with Crippen molar-refractivity contribution in [2.45, 2.75) is 18.7 Å². The van der Waals surface area contributed by atoms with Crippen LogP contribution in [-0.4, -0.2) is 55.8 Å². The van der Waals surface area contributed by atoms with Gasteiger partial charge in [-0.25, -0.2) is 18.2 Å². The van der Waals surface area contributed by atoms with Crippen LogP contribution >= 0.6 is 11.3 Å². The summed E-state index contributed by atoms with van der Waals surface area (Å²) in [6.45, 7) is 4.36. The maximum absolute atomic E-state index is 12.9. The highest BCUT2D eigenvalue weighted by molar-refractivity contribution is 7.89. The van der Waals surface area contributed by atoms with E-state index in [1.807, 2.05) is 41.8 Å². The van der Waals surface area contributed by atoms with Crippen LogP contribution in [0, 0.1) is 0 Å². The molecule has 0 saturated heterocycles. The van der Waals surface area contributed by atoms with Gasteiger partial charge in [-0.3, -0.25) is 4.79 Å². The molecule has 2 aromatic heterocycles. The third-order valence-electron chi connectivity index (χ3n) is 5.79. The summed E-state index contributed by atoms with van der Waals surface area (Å²) in [4.78, 5) is 31.1. The molecule has 0 spiro atoms. The third kappa shape index (κ3) is 5.87. The predicted octanol–water partition coefficient (Wildman–Crippen LogP) is 4.58. The van der Waals surface area contributed by atoms with Crippen molar-refractivity contribution < 1.29 is 22.7 Å². The van der Waals surface area contributed by atoms with Crippen molar-refractivity contribution in [1.82, 2.24) is 14.6 Å². The monoisotopic (exact) mass is 537 g/mol. The minimum Gasteiger partial charge on any atom is -0.460 e. The van der Waals surface area contributed by atoms with Gasteiger partial charge >= 0.3 is 5.97 Å². The van der Waals surface area contributed by atoms with Gasteiger partial charge in [-0.05, 0) is 47.8 Å². The standard InChI is InChI=1S/C27H27N3O5S2/c1-3-30(4-2)37(33,34)20-13-11-19(12-14-20)26(31)28-15-16-35-27(32)22-18-24(25-10-7-17-36-25)29-23-9-6-5-8-21(22)23/h5-14,17-18H,3-4,15-16H2,1-2H3,(H,28,31). The Morgan fingerprint density at radius 2 is 1.73 bits per heavy atom. The average molecular weight is 538 g/mol. The summed E-state index contributed by atoms with van der Waals surface area (Å²) in [6.07, 6.45) is 0. The molecule has 1 N–H and O–H groups in total. The molecular formula is C27H27N3O5S2. The first kappa shape index (κ1) is 26.5. The lowest BCUT2D eigenvalue weighted by molar-refractivity contribution is 0.0505. The zero-order valence-electron chi connectivity index (χ0n) is 20.5. The van der Waals surface area contributed by atoms with Crippen molar-refractivity contribution in [3.63, 3.8) is 0 Å². The maximum atomic E-state index is 12.9. The van der Waals surface area contributed by atoms with E-state index >= 15 is 0 Å². The molecule has 0 saturated carbocycles. The van der Waals surface area contributed by atoms with E-state index in [1.54, 1.807) is 19.9 Å². The van der Waals surface area contributed by atoms with Gasteiger partial charge in [0.1, 0.15) is 6.61 Å². The number of hydrogen-bond donors (Lipinski definition) is 1. The number of hydrogen-bond acceptors (Lipinski definition) is 7. The van der Waals surface area contributed by atoms with Crippen LogP contribution in [0.15, 0.2) is 77.0 Å². The molecule has 0 aliphatic carbocycles. The van der Waals surface area contributed by atoms with Crippen molar-refractivity contribution >= 4 is 44.1 Å². The fourth-order valence-electron chi connectivity index (χ4n) is 3.87. The van der Waals surface area contributed by atoms with Crippen LogP contribution in [0.25, 0.3) is 21.5 Å². The molecule has 4 aromatic rings. The first-order valence-electron chi connectivity index (χ1n) is 11.8. The number of sulfonamides is 1. The number of nitrogens with zero attached hydrogens (tertiary/aromatic N) is 2. The van der Waals surface area contributed by atoms with Crippen LogP contribution in [0.4, 0.5) is 0 Å². The second-order valence-electron chi connectivity index (χ2n) is 8.06. The minimum absolute atomic E-state index is 0.0238. The van der Waals surface area contributed by atoms with Gasteiger partial charge < -0.3 is 10.1 Å². The van der Waals surface area contributed by atoms with Gasteiger partial charge in [0.05, 0.1) is 33.1 Å². The zero-order chi connectivity index (χ0) is 26.4. The van der Waals surface area contributed by atoms with Crippen molar-refractivity contribution in [3.05, 3.63) is 83.2 Å². The summed E-state index contributed by atoms with van der Waals surface area (Å²) in [5, 5.41) is 5.33. The number of carbonyl (C=O) groups excluding carboxylic acids is 2. The molecule has 0 aliphatic heterocycles. The van der Waals surface area contributed by atoms with Crippen LogP contribution in [-0.2, 0) is 14.8 Å². The Balaban J connectivity index is 1.37. The lowest BCUT2D eigenvalue weighted by Crippen LogP contribution is -2.31. The molecule has 1 amide bonds. The van der Waals surface area contributed by atoms with E-state index in [4.69, 9.17) is 4.74 Å². The first-order chi connectivity index (χ1) is 17.8. The number of carbonyl (C=O) groups is 2. The quantitative estimate of drug-likeness (QED) is 0.235. The Labute approximate surface area is 220 Å². The van der Waals surface area contributed by atoms with E-state index in [0.717, 1.165) is 4.88 Å². The van der Waals surface area contributed by atoms with Gasteiger partial charge in [0.2, 0.25) is 10.0 Å². The molecule has 10 heteroatoms. The highest BCUT2D eigenvalue weighted by Crippen LogP contribution is 2.28. The summed E-state index contributed by atoms with van der Waals surface area (Å²) in [5.74, 6) is -0.895. The summed E-state index contributed by atoms with van der Waals surface area (Å²) in [5.41, 5.74) is 2.11. The van der Waals surface area contributed by atoms with E-state index in [1.165, 1.54) is 39.9 Å². The third-order valence-corrected chi connectivity index (χ3v) is 8.75. The largest absolute Gasteiger partial charge is 0.460 e. The molecule has 8 nitrogen and oxygen atoms in total. The van der Waals surface area contributed by atoms with Crippen LogP contribution < -0.4 is 5.32 Å². The Morgan fingerprint density at radius 3 is 2.41 bits per heavy atom. The normalized spacial score (nSPS) is 11.5. The Bertz CT molecular complexity index is 1500. The van der Waals surface area contributed by atoms with Gasteiger partial charge in [0.15, 0.2) is 0 Å². The number of nitrogens with one attached hydrogen (secondary N) is 1. The van der Waals surface area contributed by atoms with Crippen molar-refractivity contribution in [2.24, 2.45) is 0 Å². The summed E-state index contributed by atoms with van der Waals surface area (Å²) >= 11 is 1.54. The molecular weight excluding hydrogens is 510 g/mol. The van der Waals surface area contributed by atoms with Gasteiger partial charge in [-0.15, -0.1) is 11.3 Å². The number of benzene rings is 2. The second kappa shape index (κ2) is 11.6. The van der Waals surface area contributed by atoms with Gasteiger partial charge in [0.25, 0.3) is 5.91 Å². The van der Waals surface area contributed by atoms with Crippen molar-refractivity contribution in [3.8, 4) is 10.6 Å². The van der Waals surface area contributed by atoms with E-state index in [9.17, 15) is 18.0 Å². The molecule has 2 aromatic carbocycles. The van der Waals surface area contributed by atoms with Crippen LogP contribution in [0.5, 0.6) is 0 Å². The first-order valence-corrected chi connectivity index (χ1v) is 14.2. The zero-order valence-corrected chi connectivity index (χ0v) is 22.1. The van der Waals surface area contributed by atoms with Gasteiger partial charge in [0, 0.05) is 24.0 Å². The smallest absolute Gasteiger partial charge is 0.338 e. The Morgan fingerprint density at radius 1 is 1.00 bits per heavy atom. The van der Waals surface area contributed by atoms with Crippen LogP contribution in [0.3, 0.4) is 0 Å². The van der Waals surface area contributed by atoms with Crippen molar-refractivity contribution in [2.75, 3.05) is 26.2 Å². The number of esters is 1. The number of thiophene rings is 1. The van der Waals surface area contributed by atoms with Gasteiger partial charge in [-0.2, -0.15) is 4.31 Å². The van der Waals surface area contributed by atoms with Gasteiger partial charge in [-0.1, -0.05) is 38.1 Å². The van der Waals surface area contributed by atoms with E-state index in [2.05, 4.69) is 10.3 Å². The number of para-hydroxylation sites is 1. The molecule has 0 aliphatic rings. The molecule has 0 unspecified atom stereocenters. The summed E-state index contributed by atoms with van der Waals surface area (Å²) < 4.78 is 32.0. The van der Waals surface area contributed by atoms with Crippen molar-refractivity contribution in [1.29, 1.82) is 0 Å². The lowest BCUT2D eigenvalue weighted by atomic mass is 10.1. The molecule has 0 atom stereocenters. The lowest BCUT2D eigenvalue weighted by Gasteiger charge is -2.18. The average Bonchev–Trinajstić information content (AvgIpc) is 3.46. The molecule has 192 valence electrons. The number of amides is 1. The minimum atomic E-state index is -3.59. The van der Waals surface area contributed by atoms with E-state index in [0.29, 0.717) is 40.8 Å².